The monoisotopic (exact) mass is 270 g/mol. The van der Waals surface area contributed by atoms with Crippen molar-refractivity contribution < 1.29 is 9.84 Å². The van der Waals surface area contributed by atoms with E-state index >= 15 is 0 Å². The highest BCUT2D eigenvalue weighted by Gasteiger charge is 2.07. The van der Waals surface area contributed by atoms with Crippen LogP contribution in [-0.2, 0) is 6.42 Å². The van der Waals surface area contributed by atoms with Crippen molar-refractivity contribution in [2.75, 3.05) is 7.11 Å². The van der Waals surface area contributed by atoms with Gasteiger partial charge in [0.25, 0.3) is 0 Å². The summed E-state index contributed by atoms with van der Waals surface area (Å²) >= 11 is 0. The fraction of sp³-hybridized carbons (Fsp3) is 0.333. The molecule has 2 nitrogen and oxygen atoms in total. The standard InChI is InChI=1S/C18H22O2/c1-14-13-15(11-12-18(14)20-2)7-6-10-17(19)16-8-4-3-5-9-16/h3-5,8-9,11-13,17,19H,6-7,10H2,1-2H3. The molecule has 20 heavy (non-hydrogen) atoms. The molecule has 0 aromatic heterocycles. The van der Waals surface area contributed by atoms with E-state index in [4.69, 9.17) is 4.74 Å². The molecule has 1 N–H and O–H groups in total. The number of rotatable bonds is 6. The highest BCUT2D eigenvalue weighted by Crippen LogP contribution is 2.22. The lowest BCUT2D eigenvalue weighted by molar-refractivity contribution is 0.164. The zero-order chi connectivity index (χ0) is 14.4. The lowest BCUT2D eigenvalue weighted by atomic mass is 10.0. The Morgan fingerprint density at radius 1 is 1.10 bits per heavy atom. The lowest BCUT2D eigenvalue weighted by Gasteiger charge is -2.11. The van der Waals surface area contributed by atoms with E-state index in [0.717, 1.165) is 36.1 Å². The van der Waals surface area contributed by atoms with Crippen LogP contribution in [0.25, 0.3) is 0 Å². The third-order valence-corrected chi connectivity index (χ3v) is 3.59. The molecule has 106 valence electrons. The van der Waals surface area contributed by atoms with Crippen LogP contribution in [-0.4, -0.2) is 12.2 Å². The summed E-state index contributed by atoms with van der Waals surface area (Å²) in [7, 11) is 1.69. The van der Waals surface area contributed by atoms with Crippen molar-refractivity contribution in [1.29, 1.82) is 0 Å². The van der Waals surface area contributed by atoms with Crippen molar-refractivity contribution in [3.05, 3.63) is 65.2 Å². The predicted molar refractivity (Wildman–Crippen MR) is 82.1 cm³/mol. The van der Waals surface area contributed by atoms with Gasteiger partial charge in [-0.3, -0.25) is 0 Å². The van der Waals surface area contributed by atoms with E-state index in [-0.39, 0.29) is 6.10 Å². The van der Waals surface area contributed by atoms with E-state index in [2.05, 4.69) is 19.1 Å². The van der Waals surface area contributed by atoms with Gasteiger partial charge < -0.3 is 9.84 Å². The number of hydrogen-bond donors (Lipinski definition) is 1. The van der Waals surface area contributed by atoms with Gasteiger partial charge in [-0.2, -0.15) is 0 Å². The van der Waals surface area contributed by atoms with Gasteiger partial charge in [-0.25, -0.2) is 0 Å². The number of aliphatic hydroxyl groups is 1. The second kappa shape index (κ2) is 7.11. The van der Waals surface area contributed by atoms with Crippen LogP contribution >= 0.6 is 0 Å². The van der Waals surface area contributed by atoms with E-state index in [1.165, 1.54) is 5.56 Å². The molecular weight excluding hydrogens is 248 g/mol. The average Bonchev–Trinajstić information content (AvgIpc) is 2.48. The molecule has 0 aliphatic heterocycles. The average molecular weight is 270 g/mol. The second-order valence-corrected chi connectivity index (χ2v) is 5.12. The number of aliphatic hydroxyl groups excluding tert-OH is 1. The van der Waals surface area contributed by atoms with E-state index in [1.807, 2.05) is 36.4 Å². The van der Waals surface area contributed by atoms with Gasteiger partial charge in [0.2, 0.25) is 0 Å². The minimum atomic E-state index is -0.365. The number of ether oxygens (including phenoxy) is 1. The first kappa shape index (κ1) is 14.6. The first-order valence-electron chi connectivity index (χ1n) is 7.07. The van der Waals surface area contributed by atoms with Crippen molar-refractivity contribution in [3.63, 3.8) is 0 Å². The van der Waals surface area contributed by atoms with Crippen molar-refractivity contribution in [2.24, 2.45) is 0 Å². The van der Waals surface area contributed by atoms with Crippen LogP contribution in [0, 0.1) is 6.92 Å². The molecule has 2 rings (SSSR count). The Bertz CT molecular complexity index is 534. The fourth-order valence-electron chi connectivity index (χ4n) is 2.44. The van der Waals surface area contributed by atoms with Gasteiger partial charge in [0, 0.05) is 0 Å². The molecule has 0 heterocycles. The molecule has 0 aliphatic rings. The van der Waals surface area contributed by atoms with Crippen LogP contribution in [0.1, 0.15) is 35.6 Å². The van der Waals surface area contributed by atoms with Crippen molar-refractivity contribution in [1.82, 2.24) is 0 Å². The highest BCUT2D eigenvalue weighted by molar-refractivity contribution is 5.36. The van der Waals surface area contributed by atoms with E-state index in [9.17, 15) is 5.11 Å². The first-order valence-corrected chi connectivity index (χ1v) is 7.07. The molecule has 0 fully saturated rings. The molecule has 0 radical (unpaired) electrons. The minimum absolute atomic E-state index is 0.365. The van der Waals surface area contributed by atoms with E-state index in [0.29, 0.717) is 0 Å². The number of hydrogen-bond acceptors (Lipinski definition) is 2. The molecule has 2 aromatic carbocycles. The zero-order valence-electron chi connectivity index (χ0n) is 12.2. The van der Waals surface area contributed by atoms with Crippen LogP contribution < -0.4 is 4.74 Å². The molecular formula is C18H22O2. The van der Waals surface area contributed by atoms with Crippen molar-refractivity contribution in [2.45, 2.75) is 32.3 Å². The molecule has 0 amide bonds. The molecule has 1 atom stereocenters. The maximum atomic E-state index is 10.1. The summed E-state index contributed by atoms with van der Waals surface area (Å²) in [6.07, 6.45) is 2.38. The molecule has 2 aromatic rings. The number of methoxy groups -OCH3 is 1. The lowest BCUT2D eigenvalue weighted by Crippen LogP contribution is -1.98. The Hall–Kier alpha value is -1.80. The van der Waals surface area contributed by atoms with Gasteiger partial charge in [-0.15, -0.1) is 0 Å². The maximum Gasteiger partial charge on any atom is 0.121 e. The largest absolute Gasteiger partial charge is 0.496 e. The SMILES string of the molecule is COc1ccc(CCCC(O)c2ccccc2)cc1C. The third kappa shape index (κ3) is 3.84. The summed E-state index contributed by atoms with van der Waals surface area (Å²) in [6, 6.07) is 16.1. The Morgan fingerprint density at radius 3 is 2.50 bits per heavy atom. The Morgan fingerprint density at radius 2 is 1.85 bits per heavy atom. The second-order valence-electron chi connectivity index (χ2n) is 5.12. The predicted octanol–water partition coefficient (Wildman–Crippen LogP) is 4.06. The van der Waals surface area contributed by atoms with Crippen molar-refractivity contribution >= 4 is 0 Å². The van der Waals surface area contributed by atoms with E-state index in [1.54, 1.807) is 7.11 Å². The first-order chi connectivity index (χ1) is 9.70. The van der Waals surface area contributed by atoms with E-state index < -0.39 is 0 Å². The van der Waals surface area contributed by atoms with Crippen LogP contribution in [0.15, 0.2) is 48.5 Å². The summed E-state index contributed by atoms with van der Waals surface area (Å²) in [4.78, 5) is 0. The van der Waals surface area contributed by atoms with Gasteiger partial charge in [0.05, 0.1) is 13.2 Å². The molecule has 0 bridgehead atoms. The third-order valence-electron chi connectivity index (χ3n) is 3.59. The van der Waals surface area contributed by atoms with Gasteiger partial charge in [-0.05, 0) is 48.9 Å². The van der Waals surface area contributed by atoms with Crippen molar-refractivity contribution in [3.8, 4) is 5.75 Å². The summed E-state index contributed by atoms with van der Waals surface area (Å²) in [6.45, 7) is 2.06. The summed E-state index contributed by atoms with van der Waals surface area (Å²) in [5.41, 5.74) is 3.45. The summed E-state index contributed by atoms with van der Waals surface area (Å²) in [5.74, 6) is 0.929. The molecule has 0 aliphatic carbocycles. The molecule has 0 saturated heterocycles. The zero-order valence-corrected chi connectivity index (χ0v) is 12.2. The number of aryl methyl sites for hydroxylation is 2. The molecule has 0 spiro atoms. The Kier molecular flexibility index (Phi) is 5.19. The molecule has 2 heteroatoms. The van der Waals surface area contributed by atoms with Crippen LogP contribution in [0.2, 0.25) is 0 Å². The fourth-order valence-corrected chi connectivity index (χ4v) is 2.44. The van der Waals surface area contributed by atoms with Crippen LogP contribution in [0.5, 0.6) is 5.75 Å². The van der Waals surface area contributed by atoms with Gasteiger partial charge in [-0.1, -0.05) is 42.5 Å². The van der Waals surface area contributed by atoms with Crippen LogP contribution in [0.3, 0.4) is 0 Å². The highest BCUT2D eigenvalue weighted by atomic mass is 16.5. The summed E-state index contributed by atoms with van der Waals surface area (Å²) in [5, 5.41) is 10.1. The minimum Gasteiger partial charge on any atom is -0.496 e. The normalized spacial score (nSPS) is 12.2. The maximum absolute atomic E-state index is 10.1. The molecule has 1 unspecified atom stereocenters. The number of benzene rings is 2. The van der Waals surface area contributed by atoms with Gasteiger partial charge in [0.15, 0.2) is 0 Å². The quantitative estimate of drug-likeness (QED) is 0.857. The topological polar surface area (TPSA) is 29.5 Å². The van der Waals surface area contributed by atoms with Gasteiger partial charge in [0.1, 0.15) is 5.75 Å². The summed E-state index contributed by atoms with van der Waals surface area (Å²) < 4.78 is 5.26. The molecule has 0 saturated carbocycles. The van der Waals surface area contributed by atoms with Crippen LogP contribution in [0.4, 0.5) is 0 Å². The Balaban J connectivity index is 1.85. The Labute approximate surface area is 121 Å². The van der Waals surface area contributed by atoms with Gasteiger partial charge >= 0.3 is 0 Å². The smallest absolute Gasteiger partial charge is 0.121 e.